The van der Waals surface area contributed by atoms with E-state index in [0.29, 0.717) is 0 Å². The van der Waals surface area contributed by atoms with Gasteiger partial charge in [0.25, 0.3) is 0 Å². The van der Waals surface area contributed by atoms with Crippen molar-refractivity contribution < 1.29 is 14.1 Å². The highest BCUT2D eigenvalue weighted by atomic mass is 35.7. The summed E-state index contributed by atoms with van der Waals surface area (Å²) in [4.78, 5) is 10.6. The van der Waals surface area contributed by atoms with Crippen molar-refractivity contribution in [2.24, 2.45) is 0 Å². The monoisotopic (exact) mass is 185 g/mol. The second-order valence-electron chi connectivity index (χ2n) is 1.66. The van der Waals surface area contributed by atoms with Gasteiger partial charge in [0.05, 0.1) is 7.11 Å². The van der Waals surface area contributed by atoms with E-state index in [4.69, 9.17) is 11.2 Å². The zero-order chi connectivity index (χ0) is 8.15. The third-order valence-electron chi connectivity index (χ3n) is 0.885. The first-order valence-electron chi connectivity index (χ1n) is 2.61. The van der Waals surface area contributed by atoms with Crippen molar-refractivity contribution in [2.45, 2.75) is 13.0 Å². The van der Waals surface area contributed by atoms with Crippen molar-refractivity contribution in [1.82, 2.24) is 5.09 Å². The molecule has 0 fully saturated rings. The topological polar surface area (TPSA) is 55.4 Å². The van der Waals surface area contributed by atoms with E-state index in [2.05, 4.69) is 9.82 Å². The molecule has 6 heteroatoms. The Hall–Kier alpha value is -0.0500. The number of carbonyl (C=O) groups is 1. The van der Waals surface area contributed by atoms with Crippen molar-refractivity contribution in [3.05, 3.63) is 0 Å². The predicted molar refractivity (Wildman–Crippen MR) is 39.5 cm³/mol. The molecule has 0 saturated carbocycles. The van der Waals surface area contributed by atoms with Gasteiger partial charge in [-0.2, -0.15) is 0 Å². The average molecular weight is 186 g/mol. The maximum atomic E-state index is 10.6. The van der Waals surface area contributed by atoms with Crippen LogP contribution in [0, 0.1) is 0 Å². The Morgan fingerprint density at radius 2 is 2.30 bits per heavy atom. The number of halogens is 1. The number of carbonyl (C=O) groups excluding carboxylic acids is 1. The highest BCUT2D eigenvalue weighted by molar-refractivity contribution is 7.72. The Bertz CT molecular complexity index is 151. The Morgan fingerprint density at radius 1 is 1.80 bits per heavy atom. The fraction of sp³-hybridized carbons (Fsp3) is 0.750. The van der Waals surface area contributed by atoms with Gasteiger partial charge in [-0.15, -0.1) is 0 Å². The molecule has 0 aliphatic heterocycles. The molecule has 1 unspecified atom stereocenters. The molecule has 0 bridgehead atoms. The minimum Gasteiger partial charge on any atom is -0.468 e. The van der Waals surface area contributed by atoms with E-state index in [1.165, 1.54) is 14.0 Å². The Kier molecular flexibility index (Phi) is 4.69. The fourth-order valence-electron chi connectivity index (χ4n) is 0.406. The van der Waals surface area contributed by atoms with Gasteiger partial charge in [0.1, 0.15) is 6.04 Å². The number of esters is 1. The molecule has 0 aliphatic rings. The largest absolute Gasteiger partial charge is 0.468 e. The Morgan fingerprint density at radius 3 is 2.60 bits per heavy atom. The van der Waals surface area contributed by atoms with E-state index >= 15 is 0 Å². The number of methoxy groups -OCH3 is 1. The third-order valence-corrected chi connectivity index (χ3v) is 1.87. The summed E-state index contributed by atoms with van der Waals surface area (Å²) in [5.74, 6) is -0.473. The summed E-state index contributed by atoms with van der Waals surface area (Å²) in [5.41, 5.74) is 0. The third kappa shape index (κ3) is 3.88. The molecule has 0 heterocycles. The van der Waals surface area contributed by atoms with Crippen LogP contribution >= 0.6 is 18.5 Å². The maximum absolute atomic E-state index is 10.6. The van der Waals surface area contributed by atoms with Gasteiger partial charge in [0, 0.05) is 0 Å². The van der Waals surface area contributed by atoms with Crippen LogP contribution in [0.1, 0.15) is 6.92 Å². The molecule has 60 valence electrons. The van der Waals surface area contributed by atoms with Gasteiger partial charge in [-0.3, -0.25) is 9.36 Å². The SMILES string of the molecule is COC(=O)[C@H](C)N[PH](=O)Cl. The van der Waals surface area contributed by atoms with Gasteiger partial charge < -0.3 is 4.74 Å². The quantitative estimate of drug-likeness (QED) is 0.521. The van der Waals surface area contributed by atoms with Crippen LogP contribution in [-0.2, 0) is 14.1 Å². The van der Waals surface area contributed by atoms with Gasteiger partial charge in [0.15, 0.2) is 0 Å². The molecule has 0 saturated heterocycles. The van der Waals surface area contributed by atoms with Crippen molar-refractivity contribution in [2.75, 3.05) is 7.11 Å². The normalized spacial score (nSPS) is 15.9. The van der Waals surface area contributed by atoms with Crippen LogP contribution in [0.2, 0.25) is 0 Å². The minimum absolute atomic E-state index is 0.473. The first kappa shape index (κ1) is 9.95. The van der Waals surface area contributed by atoms with Crippen LogP contribution in [0.15, 0.2) is 0 Å². The van der Waals surface area contributed by atoms with Crippen molar-refractivity contribution in [1.29, 1.82) is 0 Å². The van der Waals surface area contributed by atoms with Gasteiger partial charge in [0.2, 0.25) is 7.30 Å². The minimum atomic E-state index is -2.32. The lowest BCUT2D eigenvalue weighted by Gasteiger charge is -2.06. The molecular formula is C4H9ClNO3P. The van der Waals surface area contributed by atoms with Gasteiger partial charge in [-0.25, -0.2) is 5.09 Å². The van der Waals surface area contributed by atoms with Crippen molar-refractivity contribution in [3.8, 4) is 0 Å². The van der Waals surface area contributed by atoms with Crippen LogP contribution in [-0.4, -0.2) is 19.1 Å². The predicted octanol–water partition coefficient (Wildman–Crippen LogP) is 0.766. The van der Waals surface area contributed by atoms with Crippen LogP contribution in [0.5, 0.6) is 0 Å². The molecular weight excluding hydrogens is 176 g/mol. The summed E-state index contributed by atoms with van der Waals surface area (Å²) < 4.78 is 14.6. The van der Waals surface area contributed by atoms with E-state index < -0.39 is 19.3 Å². The first-order valence-corrected chi connectivity index (χ1v) is 5.03. The Labute approximate surface area is 64.5 Å². The molecule has 0 aromatic heterocycles. The smallest absolute Gasteiger partial charge is 0.322 e. The molecule has 2 atom stereocenters. The highest BCUT2D eigenvalue weighted by Gasteiger charge is 2.12. The molecule has 0 aromatic carbocycles. The van der Waals surface area contributed by atoms with E-state index in [9.17, 15) is 9.36 Å². The molecule has 10 heavy (non-hydrogen) atoms. The summed E-state index contributed by atoms with van der Waals surface area (Å²) in [7, 11) is -1.06. The number of rotatable bonds is 3. The molecule has 1 N–H and O–H groups in total. The van der Waals surface area contributed by atoms with Gasteiger partial charge in [-0.1, -0.05) is 0 Å². The van der Waals surface area contributed by atoms with E-state index in [1.807, 2.05) is 0 Å². The van der Waals surface area contributed by atoms with Gasteiger partial charge >= 0.3 is 5.97 Å². The molecule has 0 aliphatic carbocycles. The van der Waals surface area contributed by atoms with E-state index in [1.54, 1.807) is 0 Å². The lowest BCUT2D eigenvalue weighted by molar-refractivity contribution is -0.142. The molecule has 0 spiro atoms. The number of nitrogens with one attached hydrogen (secondary N) is 1. The number of hydrogen-bond donors (Lipinski definition) is 1. The molecule has 0 rings (SSSR count). The summed E-state index contributed by atoms with van der Waals surface area (Å²) in [5, 5.41) is 2.33. The second kappa shape index (κ2) is 4.72. The molecule has 0 aromatic rings. The highest BCUT2D eigenvalue weighted by Crippen LogP contribution is 2.20. The molecule has 0 amide bonds. The number of hydrogen-bond acceptors (Lipinski definition) is 3. The van der Waals surface area contributed by atoms with E-state index in [-0.39, 0.29) is 0 Å². The van der Waals surface area contributed by atoms with E-state index in [0.717, 1.165) is 0 Å². The fourth-order valence-corrected chi connectivity index (χ4v) is 1.36. The zero-order valence-electron chi connectivity index (χ0n) is 5.68. The summed E-state index contributed by atoms with van der Waals surface area (Å²) >= 11 is 5.10. The van der Waals surface area contributed by atoms with Crippen molar-refractivity contribution in [3.63, 3.8) is 0 Å². The maximum Gasteiger partial charge on any atom is 0.322 e. The molecule has 4 nitrogen and oxygen atoms in total. The second-order valence-corrected chi connectivity index (χ2v) is 3.53. The van der Waals surface area contributed by atoms with Crippen LogP contribution in [0.4, 0.5) is 0 Å². The lowest BCUT2D eigenvalue weighted by atomic mass is 10.4. The standard InChI is InChI=1S/C4H9ClNO3P/c1-3(4(7)9-2)6-10(5)8/h3,10H,1-2H3,(H,6,8)/t3-/m0/s1. The van der Waals surface area contributed by atoms with Crippen LogP contribution < -0.4 is 5.09 Å². The summed E-state index contributed by atoms with van der Waals surface area (Å²) in [6, 6.07) is -0.603. The van der Waals surface area contributed by atoms with Gasteiger partial charge in [-0.05, 0) is 18.2 Å². The lowest BCUT2D eigenvalue weighted by Crippen LogP contribution is -2.29. The molecule has 0 radical (unpaired) electrons. The zero-order valence-corrected chi connectivity index (χ0v) is 7.44. The Balaban J connectivity index is 3.72. The van der Waals surface area contributed by atoms with Crippen LogP contribution in [0.25, 0.3) is 0 Å². The average Bonchev–Trinajstić information content (AvgIpc) is 1.85. The number of ether oxygens (including phenoxy) is 1. The summed E-state index contributed by atoms with van der Waals surface area (Å²) in [6.07, 6.45) is 0. The van der Waals surface area contributed by atoms with Crippen molar-refractivity contribution >= 4 is 24.5 Å². The first-order chi connectivity index (χ1) is 4.57. The summed E-state index contributed by atoms with van der Waals surface area (Å²) in [6.45, 7) is 1.52. The van der Waals surface area contributed by atoms with Crippen LogP contribution in [0.3, 0.4) is 0 Å².